The van der Waals surface area contributed by atoms with Crippen LogP contribution in [0.3, 0.4) is 0 Å². The van der Waals surface area contributed by atoms with Crippen molar-refractivity contribution in [3.8, 4) is 0 Å². The number of amides is 2. The molecule has 0 saturated carbocycles. The number of hydrogen-bond acceptors (Lipinski definition) is 6. The summed E-state index contributed by atoms with van der Waals surface area (Å²) >= 11 is 0. The molecule has 8 nitrogen and oxygen atoms in total. The van der Waals surface area contributed by atoms with Crippen LogP contribution in [0.4, 0.5) is 11.5 Å². The van der Waals surface area contributed by atoms with Gasteiger partial charge < -0.3 is 20.0 Å². The molecule has 0 aliphatic heterocycles. The van der Waals surface area contributed by atoms with Crippen LogP contribution in [0, 0.1) is 20.8 Å². The number of anilines is 2. The molecule has 1 aromatic heterocycles. The Kier molecular flexibility index (Phi) is 5.89. The van der Waals surface area contributed by atoms with Crippen molar-refractivity contribution in [2.24, 2.45) is 5.16 Å². The summed E-state index contributed by atoms with van der Waals surface area (Å²) in [7, 11) is 0. The van der Waals surface area contributed by atoms with E-state index in [9.17, 15) is 9.59 Å². The van der Waals surface area contributed by atoms with E-state index in [2.05, 4.69) is 20.9 Å². The van der Waals surface area contributed by atoms with Crippen LogP contribution in [0.2, 0.25) is 0 Å². The molecule has 0 fully saturated rings. The highest BCUT2D eigenvalue weighted by atomic mass is 16.6. The molecule has 2 aromatic rings. The normalized spacial score (nSPS) is 12.0. The van der Waals surface area contributed by atoms with Gasteiger partial charge >= 0.3 is 0 Å². The molecular formula is C17H20N4O4. The van der Waals surface area contributed by atoms with E-state index in [0.29, 0.717) is 11.4 Å². The number of benzene rings is 1. The average Bonchev–Trinajstić information content (AvgIpc) is 2.95. The van der Waals surface area contributed by atoms with Gasteiger partial charge in [-0.2, -0.15) is 0 Å². The molecule has 2 amide bonds. The number of nitrogens with zero attached hydrogens (tertiary/aromatic N) is 2. The van der Waals surface area contributed by atoms with E-state index in [-0.39, 0.29) is 5.82 Å². The Morgan fingerprint density at radius 1 is 1.24 bits per heavy atom. The van der Waals surface area contributed by atoms with Crippen LogP contribution in [0.25, 0.3) is 0 Å². The van der Waals surface area contributed by atoms with Crippen molar-refractivity contribution in [3.63, 3.8) is 0 Å². The summed E-state index contributed by atoms with van der Waals surface area (Å²) in [6.07, 6.45) is 0.0748. The summed E-state index contributed by atoms with van der Waals surface area (Å²) in [6, 6.07) is 7.24. The molecule has 0 aliphatic carbocycles. The smallest absolute Gasteiger partial charge is 0.270 e. The maximum Gasteiger partial charge on any atom is 0.270 e. The molecule has 2 rings (SSSR count). The number of hydrogen-bond donors (Lipinski definition) is 2. The Morgan fingerprint density at radius 3 is 2.64 bits per heavy atom. The summed E-state index contributed by atoms with van der Waals surface area (Å²) in [5.41, 5.74) is 2.74. The highest BCUT2D eigenvalue weighted by Crippen LogP contribution is 2.15. The number of oxime groups is 1. The fourth-order valence-corrected chi connectivity index (χ4v) is 1.99. The summed E-state index contributed by atoms with van der Waals surface area (Å²) < 4.78 is 4.84. The van der Waals surface area contributed by atoms with Crippen LogP contribution in [0.5, 0.6) is 0 Å². The van der Waals surface area contributed by atoms with Gasteiger partial charge in [-0.1, -0.05) is 28.0 Å². The number of nitrogens with one attached hydrogen (secondary N) is 2. The minimum absolute atomic E-state index is 0.287. The molecule has 0 bridgehead atoms. The van der Waals surface area contributed by atoms with Crippen LogP contribution in [0.15, 0.2) is 33.9 Å². The Hall–Kier alpha value is -3.16. The van der Waals surface area contributed by atoms with E-state index in [4.69, 9.17) is 9.36 Å². The van der Waals surface area contributed by atoms with Crippen molar-refractivity contribution in [1.29, 1.82) is 0 Å². The average molecular weight is 344 g/mol. The van der Waals surface area contributed by atoms with Crippen LogP contribution < -0.4 is 10.6 Å². The van der Waals surface area contributed by atoms with Gasteiger partial charge in [0.2, 0.25) is 6.10 Å². The summed E-state index contributed by atoms with van der Waals surface area (Å²) in [5, 5.41) is 12.4. The number of rotatable bonds is 6. The first-order valence-corrected chi connectivity index (χ1v) is 7.67. The van der Waals surface area contributed by atoms with E-state index in [1.807, 2.05) is 32.0 Å². The monoisotopic (exact) mass is 344 g/mol. The molecule has 1 atom stereocenters. The van der Waals surface area contributed by atoms with Crippen molar-refractivity contribution in [3.05, 3.63) is 41.2 Å². The highest BCUT2D eigenvalue weighted by Gasteiger charge is 2.16. The molecular weight excluding hydrogens is 324 g/mol. The maximum atomic E-state index is 11.9. The van der Waals surface area contributed by atoms with Crippen molar-refractivity contribution in [1.82, 2.24) is 5.16 Å². The third-order valence-electron chi connectivity index (χ3n) is 3.28. The van der Waals surface area contributed by atoms with E-state index >= 15 is 0 Å². The quantitative estimate of drug-likeness (QED) is 0.619. The highest BCUT2D eigenvalue weighted by molar-refractivity contribution is 6.31. The lowest BCUT2D eigenvalue weighted by molar-refractivity contribution is -0.126. The van der Waals surface area contributed by atoms with Gasteiger partial charge in [-0.15, -0.1) is 0 Å². The van der Waals surface area contributed by atoms with Crippen molar-refractivity contribution in [2.75, 3.05) is 10.6 Å². The SMILES string of the molecule is Cc1ccc(NC(=O)/C=N\O[C@@H](C)C(=O)Nc2cc(C)on2)c(C)c1. The molecule has 0 aliphatic rings. The summed E-state index contributed by atoms with van der Waals surface area (Å²) in [6.45, 7) is 7.08. The lowest BCUT2D eigenvalue weighted by Crippen LogP contribution is -2.26. The second-order valence-electron chi connectivity index (χ2n) is 5.60. The predicted molar refractivity (Wildman–Crippen MR) is 93.5 cm³/mol. The van der Waals surface area contributed by atoms with Gasteiger partial charge in [-0.05, 0) is 39.3 Å². The second-order valence-corrected chi connectivity index (χ2v) is 5.60. The number of aryl methyl sites for hydroxylation is 3. The first-order valence-electron chi connectivity index (χ1n) is 7.67. The molecule has 2 N–H and O–H groups in total. The molecule has 25 heavy (non-hydrogen) atoms. The molecule has 0 saturated heterocycles. The van der Waals surface area contributed by atoms with Gasteiger partial charge in [0.25, 0.3) is 11.8 Å². The van der Waals surface area contributed by atoms with E-state index < -0.39 is 17.9 Å². The molecule has 1 heterocycles. The maximum absolute atomic E-state index is 11.9. The molecule has 0 spiro atoms. The first-order chi connectivity index (χ1) is 11.8. The Bertz CT molecular complexity index is 798. The standard InChI is InChI=1S/C17H20N4O4/c1-10-5-6-14(11(2)7-10)19-16(22)9-18-25-13(4)17(23)20-15-8-12(3)24-21-15/h5-9,13H,1-4H3,(H,19,22)(H,20,21,23)/b18-9-/t13-/m0/s1. The zero-order valence-electron chi connectivity index (χ0n) is 14.5. The van der Waals surface area contributed by atoms with Crippen LogP contribution >= 0.6 is 0 Å². The number of carbonyl (C=O) groups excluding carboxylic acids is 2. The summed E-state index contributed by atoms with van der Waals surface area (Å²) in [4.78, 5) is 28.7. The van der Waals surface area contributed by atoms with E-state index in [0.717, 1.165) is 17.3 Å². The van der Waals surface area contributed by atoms with E-state index in [1.54, 1.807) is 13.0 Å². The lowest BCUT2D eigenvalue weighted by Gasteiger charge is -2.09. The topological polar surface area (TPSA) is 106 Å². The van der Waals surface area contributed by atoms with Crippen molar-refractivity contribution in [2.45, 2.75) is 33.8 Å². The number of carbonyl (C=O) groups is 2. The Labute approximate surface area is 145 Å². The zero-order valence-corrected chi connectivity index (χ0v) is 14.5. The zero-order chi connectivity index (χ0) is 18.4. The van der Waals surface area contributed by atoms with Crippen LogP contribution in [0.1, 0.15) is 23.8 Å². The second kappa shape index (κ2) is 8.09. The lowest BCUT2D eigenvalue weighted by atomic mass is 10.1. The summed E-state index contributed by atoms with van der Waals surface area (Å²) in [5.74, 6) is -0.0496. The molecule has 1 aromatic carbocycles. The minimum atomic E-state index is -0.901. The molecule has 0 unspecified atom stereocenters. The van der Waals surface area contributed by atoms with Gasteiger partial charge in [0.1, 0.15) is 12.0 Å². The first kappa shape index (κ1) is 18.2. The van der Waals surface area contributed by atoms with Gasteiger partial charge in [0.05, 0.1) is 0 Å². The fraction of sp³-hybridized carbons (Fsp3) is 0.294. The van der Waals surface area contributed by atoms with Crippen LogP contribution in [-0.2, 0) is 14.4 Å². The van der Waals surface area contributed by atoms with E-state index in [1.165, 1.54) is 6.92 Å². The fourth-order valence-electron chi connectivity index (χ4n) is 1.99. The Balaban J connectivity index is 1.82. The van der Waals surface area contributed by atoms with Crippen molar-refractivity contribution < 1.29 is 18.9 Å². The van der Waals surface area contributed by atoms with Gasteiger partial charge in [-0.25, -0.2) is 0 Å². The predicted octanol–water partition coefficient (Wildman–Crippen LogP) is 2.57. The Morgan fingerprint density at radius 2 is 2.00 bits per heavy atom. The van der Waals surface area contributed by atoms with Crippen molar-refractivity contribution >= 4 is 29.5 Å². The third-order valence-corrected chi connectivity index (χ3v) is 3.28. The molecule has 8 heteroatoms. The largest absolute Gasteiger partial charge is 0.383 e. The molecule has 132 valence electrons. The van der Waals surface area contributed by atoms with Gasteiger partial charge in [-0.3, -0.25) is 9.59 Å². The minimum Gasteiger partial charge on any atom is -0.383 e. The number of aromatic nitrogens is 1. The molecule has 0 radical (unpaired) electrons. The van der Waals surface area contributed by atoms with Gasteiger partial charge in [0, 0.05) is 11.8 Å². The van der Waals surface area contributed by atoms with Gasteiger partial charge in [0.15, 0.2) is 5.82 Å². The third kappa shape index (κ3) is 5.45. The van der Waals surface area contributed by atoms with Crippen LogP contribution in [-0.4, -0.2) is 29.3 Å².